The maximum Gasteiger partial charge on any atom is 0.331 e. The van der Waals surface area contributed by atoms with Gasteiger partial charge in [-0.25, -0.2) is 4.79 Å². The zero-order chi connectivity index (χ0) is 19.6. The van der Waals surface area contributed by atoms with Crippen LogP contribution < -0.4 is 14.8 Å². The fourth-order valence-corrected chi connectivity index (χ4v) is 2.44. The first-order valence-corrected chi connectivity index (χ1v) is 8.55. The Balaban J connectivity index is 1.87. The molecule has 0 aliphatic heterocycles. The van der Waals surface area contributed by atoms with Crippen molar-refractivity contribution in [3.05, 3.63) is 53.0 Å². The summed E-state index contributed by atoms with van der Waals surface area (Å²) in [6.07, 6.45) is 4.22. The standard InChI is InChI=1S/C19H20ClNO6/c1-3-25-16-10-13(9-15(20)19(16)24-2)6-7-18(23)27-12-17(22)21-11-14-5-4-8-26-14/h4-10H,3,11-12H2,1-2H3,(H,21,22). The molecule has 144 valence electrons. The maximum atomic E-state index is 11.8. The Morgan fingerprint density at radius 3 is 2.81 bits per heavy atom. The molecule has 2 rings (SSSR count). The molecule has 0 bridgehead atoms. The summed E-state index contributed by atoms with van der Waals surface area (Å²) in [5.74, 6) is 0.410. The molecule has 1 aromatic heterocycles. The van der Waals surface area contributed by atoms with E-state index < -0.39 is 18.5 Å². The largest absolute Gasteiger partial charge is 0.491 e. The molecule has 0 aliphatic carbocycles. The summed E-state index contributed by atoms with van der Waals surface area (Å²) in [5.41, 5.74) is 0.628. The quantitative estimate of drug-likeness (QED) is 0.520. The molecule has 0 saturated heterocycles. The van der Waals surface area contributed by atoms with Crippen LogP contribution in [0.1, 0.15) is 18.2 Å². The fraction of sp³-hybridized carbons (Fsp3) is 0.263. The van der Waals surface area contributed by atoms with Crippen molar-refractivity contribution in [1.82, 2.24) is 5.32 Å². The third-order valence-corrected chi connectivity index (χ3v) is 3.61. The fourth-order valence-electron chi connectivity index (χ4n) is 2.14. The Kier molecular flexibility index (Phi) is 7.76. The molecule has 1 N–H and O–H groups in total. The molecule has 0 radical (unpaired) electrons. The van der Waals surface area contributed by atoms with E-state index in [1.54, 1.807) is 24.3 Å². The minimum Gasteiger partial charge on any atom is -0.491 e. The zero-order valence-corrected chi connectivity index (χ0v) is 15.7. The molecule has 0 spiro atoms. The summed E-state index contributed by atoms with van der Waals surface area (Å²) in [6.45, 7) is 2.11. The summed E-state index contributed by atoms with van der Waals surface area (Å²) >= 11 is 6.15. The van der Waals surface area contributed by atoms with E-state index in [0.717, 1.165) is 0 Å². The van der Waals surface area contributed by atoms with Crippen molar-refractivity contribution in [2.24, 2.45) is 0 Å². The molecule has 27 heavy (non-hydrogen) atoms. The lowest BCUT2D eigenvalue weighted by atomic mass is 10.2. The second-order valence-electron chi connectivity index (χ2n) is 5.26. The van der Waals surface area contributed by atoms with Crippen molar-refractivity contribution in [3.63, 3.8) is 0 Å². The van der Waals surface area contributed by atoms with E-state index in [-0.39, 0.29) is 6.54 Å². The van der Waals surface area contributed by atoms with Crippen molar-refractivity contribution in [1.29, 1.82) is 0 Å². The van der Waals surface area contributed by atoms with Crippen LogP contribution in [0, 0.1) is 0 Å². The highest BCUT2D eigenvalue weighted by atomic mass is 35.5. The smallest absolute Gasteiger partial charge is 0.331 e. The van der Waals surface area contributed by atoms with Crippen LogP contribution in [-0.4, -0.2) is 32.2 Å². The Morgan fingerprint density at radius 1 is 1.33 bits per heavy atom. The Morgan fingerprint density at radius 2 is 2.15 bits per heavy atom. The summed E-state index contributed by atoms with van der Waals surface area (Å²) in [5, 5.41) is 2.93. The topological polar surface area (TPSA) is 87.0 Å². The number of hydrogen-bond donors (Lipinski definition) is 1. The van der Waals surface area contributed by atoms with E-state index in [4.69, 9.17) is 30.2 Å². The molecule has 8 heteroatoms. The number of carbonyl (C=O) groups excluding carboxylic acids is 2. The van der Waals surface area contributed by atoms with Gasteiger partial charge in [0.25, 0.3) is 5.91 Å². The third kappa shape index (κ3) is 6.38. The van der Waals surface area contributed by atoms with Gasteiger partial charge in [0.2, 0.25) is 0 Å². The second kappa shape index (κ2) is 10.3. The van der Waals surface area contributed by atoms with Crippen LogP contribution in [0.3, 0.4) is 0 Å². The average molecular weight is 394 g/mol. The summed E-state index contributed by atoms with van der Waals surface area (Å²) in [4.78, 5) is 23.4. The van der Waals surface area contributed by atoms with Gasteiger partial charge in [0.05, 0.1) is 31.5 Å². The normalized spacial score (nSPS) is 10.6. The van der Waals surface area contributed by atoms with Crippen LogP contribution in [-0.2, 0) is 20.9 Å². The minimum atomic E-state index is -0.659. The van der Waals surface area contributed by atoms with Crippen LogP contribution in [0.5, 0.6) is 11.5 Å². The highest BCUT2D eigenvalue weighted by Crippen LogP contribution is 2.36. The number of esters is 1. The molecule has 1 aromatic carbocycles. The van der Waals surface area contributed by atoms with Crippen molar-refractivity contribution < 1.29 is 28.2 Å². The summed E-state index contributed by atoms with van der Waals surface area (Å²) < 4.78 is 20.7. The number of amides is 1. The molecular weight excluding hydrogens is 374 g/mol. The van der Waals surface area contributed by atoms with Crippen LogP contribution in [0.25, 0.3) is 6.08 Å². The highest BCUT2D eigenvalue weighted by molar-refractivity contribution is 6.32. The van der Waals surface area contributed by atoms with Gasteiger partial charge in [-0.3, -0.25) is 4.79 Å². The molecule has 2 aromatic rings. The molecule has 0 atom stereocenters. The first kappa shape index (κ1) is 20.4. The lowest BCUT2D eigenvalue weighted by molar-refractivity contribution is -0.143. The monoisotopic (exact) mass is 393 g/mol. The van der Waals surface area contributed by atoms with Crippen molar-refractivity contribution >= 4 is 29.6 Å². The Labute approximate surface area is 161 Å². The number of methoxy groups -OCH3 is 1. The number of ether oxygens (including phenoxy) is 3. The van der Waals surface area contributed by atoms with E-state index in [1.807, 2.05) is 6.92 Å². The average Bonchev–Trinajstić information content (AvgIpc) is 3.17. The van der Waals surface area contributed by atoms with E-state index in [0.29, 0.717) is 34.5 Å². The van der Waals surface area contributed by atoms with Gasteiger partial charge in [0.15, 0.2) is 18.1 Å². The SMILES string of the molecule is CCOc1cc(C=CC(=O)OCC(=O)NCc2ccco2)cc(Cl)c1OC. The molecule has 1 heterocycles. The van der Waals surface area contributed by atoms with Gasteiger partial charge in [-0.15, -0.1) is 0 Å². The van der Waals surface area contributed by atoms with Gasteiger partial charge < -0.3 is 23.9 Å². The minimum absolute atomic E-state index is 0.226. The molecule has 0 saturated carbocycles. The maximum absolute atomic E-state index is 11.8. The number of halogens is 1. The lowest BCUT2D eigenvalue weighted by Gasteiger charge is -2.11. The van der Waals surface area contributed by atoms with Gasteiger partial charge in [-0.1, -0.05) is 11.6 Å². The summed E-state index contributed by atoms with van der Waals surface area (Å²) in [6, 6.07) is 6.76. The van der Waals surface area contributed by atoms with Gasteiger partial charge in [-0.05, 0) is 42.8 Å². The Bertz CT molecular complexity index is 801. The zero-order valence-electron chi connectivity index (χ0n) is 15.0. The van der Waals surface area contributed by atoms with Crippen LogP contribution in [0.15, 0.2) is 41.0 Å². The molecule has 0 unspecified atom stereocenters. The first-order chi connectivity index (χ1) is 13.0. The number of hydrogen-bond acceptors (Lipinski definition) is 6. The number of nitrogens with one attached hydrogen (secondary N) is 1. The van der Waals surface area contributed by atoms with Crippen molar-refractivity contribution in [2.75, 3.05) is 20.3 Å². The number of benzene rings is 1. The van der Waals surface area contributed by atoms with E-state index in [9.17, 15) is 9.59 Å². The third-order valence-electron chi connectivity index (χ3n) is 3.33. The van der Waals surface area contributed by atoms with E-state index in [1.165, 1.54) is 25.5 Å². The van der Waals surface area contributed by atoms with Gasteiger partial charge >= 0.3 is 5.97 Å². The van der Waals surface area contributed by atoms with Crippen LogP contribution in [0.2, 0.25) is 5.02 Å². The number of carbonyl (C=O) groups is 2. The van der Waals surface area contributed by atoms with Crippen LogP contribution >= 0.6 is 11.6 Å². The van der Waals surface area contributed by atoms with Crippen molar-refractivity contribution in [3.8, 4) is 11.5 Å². The predicted octanol–water partition coefficient (Wildman–Crippen LogP) is 3.21. The first-order valence-electron chi connectivity index (χ1n) is 8.17. The molecule has 0 fully saturated rings. The van der Waals surface area contributed by atoms with E-state index in [2.05, 4.69) is 5.32 Å². The van der Waals surface area contributed by atoms with Crippen LogP contribution in [0.4, 0.5) is 0 Å². The number of furan rings is 1. The molecule has 1 amide bonds. The van der Waals surface area contributed by atoms with Crippen molar-refractivity contribution in [2.45, 2.75) is 13.5 Å². The highest BCUT2D eigenvalue weighted by Gasteiger charge is 2.11. The van der Waals surface area contributed by atoms with Gasteiger partial charge in [-0.2, -0.15) is 0 Å². The van der Waals surface area contributed by atoms with Gasteiger partial charge in [0, 0.05) is 6.08 Å². The molecular formula is C19H20ClNO6. The molecule has 0 aliphatic rings. The predicted molar refractivity (Wildman–Crippen MR) is 99.7 cm³/mol. The van der Waals surface area contributed by atoms with E-state index >= 15 is 0 Å². The second-order valence-corrected chi connectivity index (χ2v) is 5.67. The van der Waals surface area contributed by atoms with Gasteiger partial charge in [0.1, 0.15) is 5.76 Å². The lowest BCUT2D eigenvalue weighted by Crippen LogP contribution is -2.27. The Hall–Kier alpha value is -2.93. The molecule has 7 nitrogen and oxygen atoms in total. The number of rotatable bonds is 9. The summed E-state index contributed by atoms with van der Waals surface area (Å²) in [7, 11) is 1.49.